The Kier molecular flexibility index (Phi) is 1.68. The highest BCUT2D eigenvalue weighted by Gasteiger charge is 2.40. The molecule has 1 heteroatoms. The molecule has 2 aromatic carbocycles. The lowest BCUT2D eigenvalue weighted by molar-refractivity contribution is 0.748. The summed E-state index contributed by atoms with van der Waals surface area (Å²) >= 11 is 0. The fourth-order valence-corrected chi connectivity index (χ4v) is 2.24. The average molecular weight is 197 g/mol. The Morgan fingerprint density at radius 1 is 1.13 bits per heavy atom. The van der Waals surface area contributed by atoms with E-state index in [0.29, 0.717) is 0 Å². The van der Waals surface area contributed by atoms with Gasteiger partial charge in [0.25, 0.3) is 0 Å². The second-order valence-corrected chi connectivity index (χ2v) is 4.69. The van der Waals surface area contributed by atoms with Gasteiger partial charge in [0.05, 0.1) is 0 Å². The van der Waals surface area contributed by atoms with Crippen LogP contribution in [0.15, 0.2) is 36.4 Å². The van der Waals surface area contributed by atoms with E-state index in [1.165, 1.54) is 21.9 Å². The van der Waals surface area contributed by atoms with Crippen LogP contribution in [0.4, 0.5) is 0 Å². The predicted octanol–water partition coefficient (Wildman–Crippen LogP) is 3.10. The van der Waals surface area contributed by atoms with E-state index in [-0.39, 0.29) is 5.54 Å². The molecule has 1 fully saturated rings. The lowest BCUT2D eigenvalue weighted by Gasteiger charge is -2.12. The number of hydrogen-bond acceptors (Lipinski definition) is 1. The standard InChI is InChI=1S/C14H15N/c1-10-5-6-12-11(9-10)3-2-4-13(12)14(15)7-8-14/h2-6,9H,7-8,15H2,1H3. The van der Waals surface area contributed by atoms with Crippen LogP contribution in [0.3, 0.4) is 0 Å². The van der Waals surface area contributed by atoms with E-state index < -0.39 is 0 Å². The molecule has 0 unspecified atom stereocenters. The first-order valence-electron chi connectivity index (χ1n) is 5.48. The Morgan fingerprint density at radius 2 is 1.93 bits per heavy atom. The van der Waals surface area contributed by atoms with Crippen LogP contribution in [0.2, 0.25) is 0 Å². The number of hydrogen-bond donors (Lipinski definition) is 1. The lowest BCUT2D eigenvalue weighted by Crippen LogP contribution is -2.18. The van der Waals surface area contributed by atoms with E-state index in [9.17, 15) is 0 Å². The van der Waals surface area contributed by atoms with Crippen LogP contribution in [-0.4, -0.2) is 0 Å². The molecule has 1 aliphatic carbocycles. The molecule has 0 aromatic heterocycles. The van der Waals surface area contributed by atoms with Gasteiger partial charge in [0.1, 0.15) is 0 Å². The highest BCUT2D eigenvalue weighted by molar-refractivity contribution is 5.87. The molecule has 2 aromatic rings. The van der Waals surface area contributed by atoms with Gasteiger partial charge in [0, 0.05) is 5.54 Å². The summed E-state index contributed by atoms with van der Waals surface area (Å²) in [6.07, 6.45) is 2.25. The largest absolute Gasteiger partial charge is 0.321 e. The van der Waals surface area contributed by atoms with Crippen LogP contribution in [0.5, 0.6) is 0 Å². The summed E-state index contributed by atoms with van der Waals surface area (Å²) in [6.45, 7) is 2.13. The summed E-state index contributed by atoms with van der Waals surface area (Å²) in [4.78, 5) is 0. The molecule has 76 valence electrons. The van der Waals surface area contributed by atoms with Gasteiger partial charge < -0.3 is 5.73 Å². The zero-order valence-corrected chi connectivity index (χ0v) is 8.96. The molecule has 0 radical (unpaired) electrons. The van der Waals surface area contributed by atoms with Crippen molar-refractivity contribution in [1.82, 2.24) is 0 Å². The monoisotopic (exact) mass is 197 g/mol. The van der Waals surface area contributed by atoms with Crippen molar-refractivity contribution in [2.45, 2.75) is 25.3 Å². The summed E-state index contributed by atoms with van der Waals surface area (Å²) in [5.41, 5.74) is 8.87. The molecule has 0 saturated heterocycles. The molecule has 0 heterocycles. The Bertz CT molecular complexity index is 524. The van der Waals surface area contributed by atoms with Crippen molar-refractivity contribution in [3.63, 3.8) is 0 Å². The van der Waals surface area contributed by atoms with Crippen LogP contribution in [0.1, 0.15) is 24.0 Å². The Balaban J connectivity index is 2.31. The fraction of sp³-hybridized carbons (Fsp3) is 0.286. The van der Waals surface area contributed by atoms with Gasteiger partial charge in [-0.25, -0.2) is 0 Å². The molecular weight excluding hydrogens is 182 g/mol. The predicted molar refractivity (Wildman–Crippen MR) is 63.8 cm³/mol. The smallest absolute Gasteiger partial charge is 0.0417 e. The third-order valence-corrected chi connectivity index (χ3v) is 3.36. The number of aryl methyl sites for hydroxylation is 1. The van der Waals surface area contributed by atoms with E-state index >= 15 is 0 Å². The molecule has 0 atom stereocenters. The van der Waals surface area contributed by atoms with Crippen molar-refractivity contribution in [2.24, 2.45) is 5.73 Å². The van der Waals surface area contributed by atoms with E-state index in [1.54, 1.807) is 0 Å². The fourth-order valence-electron chi connectivity index (χ4n) is 2.24. The minimum Gasteiger partial charge on any atom is -0.321 e. The van der Waals surface area contributed by atoms with Gasteiger partial charge in [-0.2, -0.15) is 0 Å². The quantitative estimate of drug-likeness (QED) is 0.747. The molecule has 15 heavy (non-hydrogen) atoms. The van der Waals surface area contributed by atoms with Gasteiger partial charge >= 0.3 is 0 Å². The van der Waals surface area contributed by atoms with Gasteiger partial charge in [-0.05, 0) is 36.1 Å². The van der Waals surface area contributed by atoms with Crippen LogP contribution in [0, 0.1) is 6.92 Å². The van der Waals surface area contributed by atoms with Crippen molar-refractivity contribution < 1.29 is 0 Å². The molecule has 0 bridgehead atoms. The van der Waals surface area contributed by atoms with E-state index in [2.05, 4.69) is 43.3 Å². The first kappa shape index (κ1) is 8.93. The van der Waals surface area contributed by atoms with Crippen molar-refractivity contribution in [1.29, 1.82) is 0 Å². The molecule has 0 amide bonds. The second kappa shape index (κ2) is 2.83. The van der Waals surface area contributed by atoms with Crippen LogP contribution in [0.25, 0.3) is 10.8 Å². The molecule has 2 N–H and O–H groups in total. The Morgan fingerprint density at radius 3 is 2.67 bits per heavy atom. The van der Waals surface area contributed by atoms with Gasteiger partial charge in [0.15, 0.2) is 0 Å². The normalized spacial score (nSPS) is 18.0. The van der Waals surface area contributed by atoms with Crippen molar-refractivity contribution in [3.05, 3.63) is 47.5 Å². The molecule has 0 aliphatic heterocycles. The topological polar surface area (TPSA) is 26.0 Å². The van der Waals surface area contributed by atoms with Gasteiger partial charge in [-0.1, -0.05) is 42.0 Å². The summed E-state index contributed by atoms with van der Waals surface area (Å²) in [7, 11) is 0. The average Bonchev–Trinajstić information content (AvgIpc) is 2.96. The molecule has 1 aliphatic rings. The second-order valence-electron chi connectivity index (χ2n) is 4.69. The van der Waals surface area contributed by atoms with Crippen LogP contribution < -0.4 is 5.73 Å². The molecule has 0 spiro atoms. The minimum atomic E-state index is -0.0330. The van der Waals surface area contributed by atoms with Crippen LogP contribution in [-0.2, 0) is 5.54 Å². The number of rotatable bonds is 1. The minimum absolute atomic E-state index is 0.0330. The summed E-state index contributed by atoms with van der Waals surface area (Å²) < 4.78 is 0. The maximum absolute atomic E-state index is 6.27. The van der Waals surface area contributed by atoms with Gasteiger partial charge in [-0.15, -0.1) is 0 Å². The molecular formula is C14H15N. The number of benzene rings is 2. The first-order chi connectivity index (χ1) is 7.19. The first-order valence-corrected chi connectivity index (χ1v) is 5.48. The van der Waals surface area contributed by atoms with Crippen molar-refractivity contribution >= 4 is 10.8 Å². The Labute approximate surface area is 89.9 Å². The zero-order valence-electron chi connectivity index (χ0n) is 8.96. The molecule has 3 rings (SSSR count). The molecule has 1 saturated carbocycles. The summed E-state index contributed by atoms with van der Waals surface area (Å²) in [5.74, 6) is 0. The molecule has 1 nitrogen and oxygen atoms in total. The highest BCUT2D eigenvalue weighted by Crippen LogP contribution is 2.45. The Hall–Kier alpha value is -1.34. The van der Waals surface area contributed by atoms with E-state index in [1.807, 2.05) is 0 Å². The van der Waals surface area contributed by atoms with Crippen molar-refractivity contribution in [3.8, 4) is 0 Å². The highest BCUT2D eigenvalue weighted by atomic mass is 14.8. The van der Waals surface area contributed by atoms with Gasteiger partial charge in [0.2, 0.25) is 0 Å². The number of fused-ring (bicyclic) bond motifs is 1. The number of nitrogens with two attached hydrogens (primary N) is 1. The zero-order chi connectivity index (χ0) is 10.5. The maximum atomic E-state index is 6.27. The summed E-state index contributed by atoms with van der Waals surface area (Å²) in [5, 5.41) is 2.63. The van der Waals surface area contributed by atoms with Gasteiger partial charge in [-0.3, -0.25) is 0 Å². The maximum Gasteiger partial charge on any atom is 0.0417 e. The summed E-state index contributed by atoms with van der Waals surface area (Å²) in [6, 6.07) is 13.0. The SMILES string of the molecule is Cc1ccc2c(C3(N)CC3)cccc2c1. The van der Waals surface area contributed by atoms with Crippen LogP contribution >= 0.6 is 0 Å². The van der Waals surface area contributed by atoms with Crippen molar-refractivity contribution in [2.75, 3.05) is 0 Å². The van der Waals surface area contributed by atoms with E-state index in [0.717, 1.165) is 12.8 Å². The lowest BCUT2D eigenvalue weighted by atomic mass is 9.96. The third-order valence-electron chi connectivity index (χ3n) is 3.36. The van der Waals surface area contributed by atoms with E-state index in [4.69, 9.17) is 5.73 Å². The third kappa shape index (κ3) is 1.35.